The Morgan fingerprint density at radius 1 is 1.41 bits per heavy atom. The number of nitrogens with zero attached hydrogens (tertiary/aromatic N) is 3. The molecule has 0 saturated carbocycles. The number of amides is 1. The second kappa shape index (κ2) is 7.60. The van der Waals surface area contributed by atoms with Gasteiger partial charge in [-0.25, -0.2) is 9.97 Å². The monoisotopic (exact) mass is 319 g/mol. The number of para-hydroxylation sites is 2. The summed E-state index contributed by atoms with van der Waals surface area (Å²) in [6.07, 6.45) is 1.32. The van der Waals surface area contributed by atoms with Gasteiger partial charge in [0.25, 0.3) is 0 Å². The summed E-state index contributed by atoms with van der Waals surface area (Å²) in [4.78, 5) is 23.9. The summed E-state index contributed by atoms with van der Waals surface area (Å²) in [5, 5.41) is 2.86. The average Bonchev–Trinajstić information content (AvgIpc) is 2.49. The largest absolute Gasteiger partial charge is 0.492 e. The summed E-state index contributed by atoms with van der Waals surface area (Å²) in [7, 11) is 0. The summed E-state index contributed by atoms with van der Waals surface area (Å²) in [5.74, 6) is 0.600. The van der Waals surface area contributed by atoms with Crippen molar-refractivity contribution in [1.82, 2.24) is 15.0 Å². The number of carbonyl (C=O) groups is 1. The standard InChI is InChI=1S/C14H17N5O2S/c1-3-21-11-7-5-4-6-10(11)18-12(20)9(2)22-14-17-8-16-13(15)19-14/h4-9H,3H2,1-2H3,(H,18,20)(H2,15,16,17,19). The van der Waals surface area contributed by atoms with Gasteiger partial charge in [0.15, 0.2) is 5.16 Å². The van der Waals surface area contributed by atoms with E-state index in [1.54, 1.807) is 13.0 Å². The summed E-state index contributed by atoms with van der Waals surface area (Å²) >= 11 is 1.21. The van der Waals surface area contributed by atoms with Gasteiger partial charge in [0.1, 0.15) is 12.1 Å². The van der Waals surface area contributed by atoms with Gasteiger partial charge in [-0.05, 0) is 26.0 Å². The Labute approximate surface area is 132 Å². The highest BCUT2D eigenvalue weighted by Crippen LogP contribution is 2.26. The van der Waals surface area contributed by atoms with Crippen molar-refractivity contribution >= 4 is 29.3 Å². The van der Waals surface area contributed by atoms with Gasteiger partial charge in [-0.1, -0.05) is 23.9 Å². The van der Waals surface area contributed by atoms with Crippen molar-refractivity contribution in [2.75, 3.05) is 17.7 Å². The zero-order valence-corrected chi connectivity index (χ0v) is 13.1. The van der Waals surface area contributed by atoms with Gasteiger partial charge in [0.2, 0.25) is 11.9 Å². The van der Waals surface area contributed by atoms with Crippen LogP contribution in [0.5, 0.6) is 5.75 Å². The molecule has 1 amide bonds. The number of nitrogens with one attached hydrogen (secondary N) is 1. The second-order valence-electron chi connectivity index (χ2n) is 4.30. The molecule has 7 nitrogen and oxygen atoms in total. The molecule has 0 aliphatic heterocycles. The van der Waals surface area contributed by atoms with Gasteiger partial charge in [-0.3, -0.25) is 4.79 Å². The number of anilines is 2. The van der Waals surface area contributed by atoms with Gasteiger partial charge in [0, 0.05) is 0 Å². The Morgan fingerprint density at radius 3 is 2.91 bits per heavy atom. The number of hydrogen-bond donors (Lipinski definition) is 2. The van der Waals surface area contributed by atoms with Crippen molar-refractivity contribution < 1.29 is 9.53 Å². The predicted molar refractivity (Wildman–Crippen MR) is 85.8 cm³/mol. The fraction of sp³-hybridized carbons (Fsp3) is 0.286. The van der Waals surface area contributed by atoms with E-state index in [1.165, 1.54) is 18.1 Å². The molecule has 116 valence electrons. The molecule has 1 heterocycles. The van der Waals surface area contributed by atoms with Gasteiger partial charge < -0.3 is 15.8 Å². The molecule has 0 saturated heterocycles. The van der Waals surface area contributed by atoms with E-state index in [4.69, 9.17) is 10.5 Å². The van der Waals surface area contributed by atoms with Crippen LogP contribution in [-0.2, 0) is 4.79 Å². The molecule has 0 bridgehead atoms. The van der Waals surface area contributed by atoms with Crippen LogP contribution in [0.2, 0.25) is 0 Å². The summed E-state index contributed by atoms with van der Waals surface area (Å²) in [6.45, 7) is 4.19. The van der Waals surface area contributed by atoms with E-state index in [9.17, 15) is 4.79 Å². The molecule has 2 rings (SSSR count). The Morgan fingerprint density at radius 2 is 2.18 bits per heavy atom. The Balaban J connectivity index is 2.02. The van der Waals surface area contributed by atoms with Crippen molar-refractivity contribution in [2.24, 2.45) is 0 Å². The van der Waals surface area contributed by atoms with Crippen LogP contribution in [0.1, 0.15) is 13.8 Å². The molecular formula is C14H17N5O2S. The van der Waals surface area contributed by atoms with Gasteiger partial charge >= 0.3 is 0 Å². The van der Waals surface area contributed by atoms with Gasteiger partial charge in [-0.2, -0.15) is 4.98 Å². The maximum Gasteiger partial charge on any atom is 0.237 e. The van der Waals surface area contributed by atoms with Crippen LogP contribution in [-0.4, -0.2) is 32.7 Å². The summed E-state index contributed by atoms with van der Waals surface area (Å²) < 4.78 is 5.48. The molecule has 0 radical (unpaired) electrons. The number of nitrogens with two attached hydrogens (primary N) is 1. The quantitative estimate of drug-likeness (QED) is 0.785. The number of ether oxygens (including phenoxy) is 1. The lowest BCUT2D eigenvalue weighted by atomic mass is 10.3. The molecule has 0 spiro atoms. The minimum atomic E-state index is -0.392. The molecule has 0 fully saturated rings. The fourth-order valence-corrected chi connectivity index (χ4v) is 2.38. The predicted octanol–water partition coefficient (Wildman–Crippen LogP) is 1.97. The minimum Gasteiger partial charge on any atom is -0.492 e. The van der Waals surface area contributed by atoms with Crippen molar-refractivity contribution in [1.29, 1.82) is 0 Å². The average molecular weight is 319 g/mol. The van der Waals surface area contributed by atoms with E-state index < -0.39 is 5.25 Å². The van der Waals surface area contributed by atoms with E-state index in [2.05, 4.69) is 20.3 Å². The van der Waals surface area contributed by atoms with Crippen LogP contribution in [0.4, 0.5) is 11.6 Å². The highest BCUT2D eigenvalue weighted by atomic mass is 32.2. The number of hydrogen-bond acceptors (Lipinski definition) is 7. The first-order valence-corrected chi connectivity index (χ1v) is 7.62. The number of thioether (sulfide) groups is 1. The van der Waals surface area contributed by atoms with Crippen molar-refractivity contribution in [3.8, 4) is 5.75 Å². The van der Waals surface area contributed by atoms with Crippen LogP contribution in [0.15, 0.2) is 35.7 Å². The van der Waals surface area contributed by atoms with E-state index >= 15 is 0 Å². The molecule has 1 atom stereocenters. The first-order valence-electron chi connectivity index (χ1n) is 6.74. The van der Waals surface area contributed by atoms with Crippen LogP contribution in [0.3, 0.4) is 0 Å². The number of aromatic nitrogens is 3. The maximum atomic E-state index is 12.3. The highest BCUT2D eigenvalue weighted by Gasteiger charge is 2.17. The van der Waals surface area contributed by atoms with Crippen molar-refractivity contribution in [3.05, 3.63) is 30.6 Å². The third-order valence-corrected chi connectivity index (χ3v) is 3.64. The number of rotatable bonds is 6. The van der Waals surface area contributed by atoms with E-state index in [-0.39, 0.29) is 11.9 Å². The van der Waals surface area contributed by atoms with Crippen molar-refractivity contribution in [2.45, 2.75) is 24.3 Å². The molecule has 1 aromatic heterocycles. The lowest BCUT2D eigenvalue weighted by Gasteiger charge is -2.14. The van der Waals surface area contributed by atoms with E-state index in [0.717, 1.165) is 0 Å². The third-order valence-electron chi connectivity index (χ3n) is 2.66. The van der Waals surface area contributed by atoms with E-state index in [0.29, 0.717) is 23.2 Å². The molecule has 1 unspecified atom stereocenters. The summed E-state index contributed by atoms with van der Waals surface area (Å²) in [5.41, 5.74) is 6.13. The normalized spacial score (nSPS) is 11.7. The zero-order chi connectivity index (χ0) is 15.9. The summed E-state index contributed by atoms with van der Waals surface area (Å²) in [6, 6.07) is 7.29. The number of carbonyl (C=O) groups excluding carboxylic acids is 1. The molecule has 1 aromatic carbocycles. The Hall–Kier alpha value is -2.35. The smallest absolute Gasteiger partial charge is 0.237 e. The fourth-order valence-electron chi connectivity index (χ4n) is 1.65. The number of benzene rings is 1. The number of nitrogen functional groups attached to an aromatic ring is 1. The molecule has 2 aromatic rings. The van der Waals surface area contributed by atoms with Crippen LogP contribution >= 0.6 is 11.8 Å². The van der Waals surface area contributed by atoms with E-state index in [1.807, 2.05) is 25.1 Å². The second-order valence-corrected chi connectivity index (χ2v) is 5.61. The Kier molecular flexibility index (Phi) is 5.54. The molecule has 0 aliphatic rings. The highest BCUT2D eigenvalue weighted by molar-refractivity contribution is 8.00. The maximum absolute atomic E-state index is 12.3. The first kappa shape index (κ1) is 16.0. The molecular weight excluding hydrogens is 302 g/mol. The lowest BCUT2D eigenvalue weighted by Crippen LogP contribution is -2.23. The first-order chi connectivity index (χ1) is 10.6. The topological polar surface area (TPSA) is 103 Å². The van der Waals surface area contributed by atoms with Crippen LogP contribution in [0, 0.1) is 0 Å². The van der Waals surface area contributed by atoms with Crippen LogP contribution in [0.25, 0.3) is 0 Å². The SMILES string of the molecule is CCOc1ccccc1NC(=O)C(C)Sc1ncnc(N)n1. The lowest BCUT2D eigenvalue weighted by molar-refractivity contribution is -0.115. The third kappa shape index (κ3) is 4.32. The molecule has 0 aliphatic carbocycles. The minimum absolute atomic E-state index is 0.131. The molecule has 3 N–H and O–H groups in total. The molecule has 8 heteroatoms. The van der Waals surface area contributed by atoms with Crippen LogP contribution < -0.4 is 15.8 Å². The van der Waals surface area contributed by atoms with Gasteiger partial charge in [0.05, 0.1) is 17.5 Å². The zero-order valence-electron chi connectivity index (χ0n) is 12.3. The van der Waals surface area contributed by atoms with Gasteiger partial charge in [-0.15, -0.1) is 0 Å². The van der Waals surface area contributed by atoms with Crippen molar-refractivity contribution in [3.63, 3.8) is 0 Å². The Bertz CT molecular complexity index is 653. The molecule has 22 heavy (non-hydrogen) atoms.